The molecule has 0 aliphatic carbocycles. The highest BCUT2D eigenvalue weighted by Crippen LogP contribution is 2.17. The van der Waals surface area contributed by atoms with Crippen LogP contribution in [-0.4, -0.2) is 33.2 Å². The quantitative estimate of drug-likeness (QED) is 0.784. The van der Waals surface area contributed by atoms with Gasteiger partial charge in [0.2, 0.25) is 0 Å². The Morgan fingerprint density at radius 1 is 1.26 bits per heavy atom. The fourth-order valence-corrected chi connectivity index (χ4v) is 2.61. The maximum absolute atomic E-state index is 12.1. The van der Waals surface area contributed by atoms with E-state index in [0.717, 1.165) is 0 Å². The zero-order valence-corrected chi connectivity index (χ0v) is 11.4. The lowest BCUT2D eigenvalue weighted by Gasteiger charge is -2.08. The SMILES string of the molecule is Cc1nnc(NS(=O)(=O)c2c(N)ncn2C)nc1C. The Kier molecular flexibility index (Phi) is 3.10. The molecule has 0 saturated carbocycles. The third-order valence-electron chi connectivity index (χ3n) is 2.48. The highest BCUT2D eigenvalue weighted by molar-refractivity contribution is 7.92. The third kappa shape index (κ3) is 2.47. The number of aromatic nitrogens is 5. The molecular weight excluding hydrogens is 270 g/mol. The van der Waals surface area contributed by atoms with Gasteiger partial charge in [-0.25, -0.2) is 14.7 Å². The van der Waals surface area contributed by atoms with Gasteiger partial charge in [-0.1, -0.05) is 0 Å². The number of imidazole rings is 1. The van der Waals surface area contributed by atoms with E-state index in [1.165, 1.54) is 17.9 Å². The molecule has 0 unspecified atom stereocenters. The minimum Gasteiger partial charge on any atom is -0.381 e. The number of sulfonamides is 1. The van der Waals surface area contributed by atoms with Gasteiger partial charge in [-0.05, 0) is 13.8 Å². The number of nitrogens with two attached hydrogens (primary N) is 1. The molecule has 0 bridgehead atoms. The lowest BCUT2D eigenvalue weighted by molar-refractivity contribution is 0.591. The van der Waals surface area contributed by atoms with Crippen LogP contribution >= 0.6 is 0 Å². The molecule has 0 saturated heterocycles. The van der Waals surface area contributed by atoms with Gasteiger partial charge in [0.1, 0.15) is 0 Å². The maximum atomic E-state index is 12.1. The van der Waals surface area contributed by atoms with Gasteiger partial charge in [0, 0.05) is 7.05 Å². The van der Waals surface area contributed by atoms with Gasteiger partial charge in [0.25, 0.3) is 16.0 Å². The molecule has 10 heteroatoms. The van der Waals surface area contributed by atoms with Crippen molar-refractivity contribution >= 4 is 21.8 Å². The number of aryl methyl sites for hydroxylation is 3. The van der Waals surface area contributed by atoms with E-state index in [1.54, 1.807) is 13.8 Å². The first-order valence-electron chi connectivity index (χ1n) is 5.29. The Bertz CT molecular complexity index is 703. The summed E-state index contributed by atoms with van der Waals surface area (Å²) in [5.74, 6) is -0.199. The van der Waals surface area contributed by atoms with Crippen molar-refractivity contribution in [3.63, 3.8) is 0 Å². The van der Waals surface area contributed by atoms with Crippen LogP contribution in [-0.2, 0) is 17.1 Å². The third-order valence-corrected chi connectivity index (χ3v) is 3.94. The molecule has 102 valence electrons. The van der Waals surface area contributed by atoms with Crippen molar-refractivity contribution in [1.82, 2.24) is 24.7 Å². The maximum Gasteiger partial charge on any atom is 0.283 e. The Morgan fingerprint density at radius 2 is 1.95 bits per heavy atom. The molecule has 0 radical (unpaired) electrons. The molecule has 0 aliphatic heterocycles. The lowest BCUT2D eigenvalue weighted by atomic mass is 10.4. The van der Waals surface area contributed by atoms with E-state index >= 15 is 0 Å². The molecule has 19 heavy (non-hydrogen) atoms. The van der Waals surface area contributed by atoms with E-state index in [4.69, 9.17) is 5.73 Å². The van der Waals surface area contributed by atoms with Crippen molar-refractivity contribution in [2.24, 2.45) is 7.05 Å². The second-order valence-electron chi connectivity index (χ2n) is 3.96. The summed E-state index contributed by atoms with van der Waals surface area (Å²) in [6.07, 6.45) is 1.31. The van der Waals surface area contributed by atoms with Gasteiger partial charge in [-0.2, -0.15) is 13.5 Å². The first-order valence-corrected chi connectivity index (χ1v) is 6.77. The van der Waals surface area contributed by atoms with Crippen molar-refractivity contribution in [2.75, 3.05) is 10.5 Å². The second-order valence-corrected chi connectivity index (χ2v) is 5.56. The average Bonchev–Trinajstić information content (AvgIpc) is 2.64. The average molecular weight is 283 g/mol. The lowest BCUT2D eigenvalue weighted by Crippen LogP contribution is -2.19. The van der Waals surface area contributed by atoms with Gasteiger partial charge >= 0.3 is 0 Å². The fourth-order valence-electron chi connectivity index (χ4n) is 1.43. The van der Waals surface area contributed by atoms with E-state index in [9.17, 15) is 8.42 Å². The highest BCUT2D eigenvalue weighted by atomic mass is 32.2. The van der Waals surface area contributed by atoms with Crippen LogP contribution in [0.4, 0.5) is 11.8 Å². The van der Waals surface area contributed by atoms with Gasteiger partial charge in [-0.15, -0.1) is 5.10 Å². The molecule has 0 amide bonds. The number of nitrogens with zero attached hydrogens (tertiary/aromatic N) is 5. The molecule has 2 rings (SSSR count). The monoisotopic (exact) mass is 283 g/mol. The van der Waals surface area contributed by atoms with Crippen LogP contribution in [0, 0.1) is 13.8 Å². The van der Waals surface area contributed by atoms with E-state index < -0.39 is 10.0 Å². The number of rotatable bonds is 3. The van der Waals surface area contributed by atoms with Crippen LogP contribution < -0.4 is 10.5 Å². The van der Waals surface area contributed by atoms with Crippen LogP contribution in [0.2, 0.25) is 0 Å². The van der Waals surface area contributed by atoms with Crippen LogP contribution in [0.3, 0.4) is 0 Å². The summed E-state index contributed by atoms with van der Waals surface area (Å²) in [5, 5.41) is 7.32. The van der Waals surface area contributed by atoms with Crippen LogP contribution in [0.5, 0.6) is 0 Å². The van der Waals surface area contributed by atoms with E-state index in [-0.39, 0.29) is 16.8 Å². The molecule has 0 spiro atoms. The summed E-state index contributed by atoms with van der Waals surface area (Å²) in [6.45, 7) is 3.44. The molecule has 0 aromatic carbocycles. The fraction of sp³-hybridized carbons (Fsp3) is 0.333. The predicted molar refractivity (Wildman–Crippen MR) is 67.7 cm³/mol. The number of hydrogen-bond donors (Lipinski definition) is 2. The summed E-state index contributed by atoms with van der Waals surface area (Å²) in [4.78, 5) is 7.71. The highest BCUT2D eigenvalue weighted by Gasteiger charge is 2.23. The van der Waals surface area contributed by atoms with Crippen molar-refractivity contribution in [3.05, 3.63) is 17.7 Å². The summed E-state index contributed by atoms with van der Waals surface area (Å²) < 4.78 is 27.8. The number of nitrogen functional groups attached to an aromatic ring is 1. The molecular formula is C9H13N7O2S. The largest absolute Gasteiger partial charge is 0.381 e. The molecule has 3 N–H and O–H groups in total. The standard InChI is InChI=1S/C9H13N7O2S/c1-5-6(2)13-14-9(12-5)15-19(17,18)8-7(10)11-4-16(8)3/h4H,10H2,1-3H3,(H,12,14,15). The summed E-state index contributed by atoms with van der Waals surface area (Å²) in [7, 11) is -2.38. The van der Waals surface area contributed by atoms with Crippen molar-refractivity contribution in [1.29, 1.82) is 0 Å². The molecule has 2 aromatic rings. The zero-order chi connectivity index (χ0) is 14.2. The predicted octanol–water partition coefficient (Wildman–Crippen LogP) is -0.395. The van der Waals surface area contributed by atoms with Crippen molar-refractivity contribution < 1.29 is 8.42 Å². The second kappa shape index (κ2) is 4.46. The van der Waals surface area contributed by atoms with Gasteiger partial charge in [-0.3, -0.25) is 0 Å². The minimum absolute atomic E-state index is 0.0909. The Hall–Kier alpha value is -2.23. The molecule has 2 aromatic heterocycles. The first kappa shape index (κ1) is 13.2. The smallest absolute Gasteiger partial charge is 0.283 e. The zero-order valence-electron chi connectivity index (χ0n) is 10.6. The van der Waals surface area contributed by atoms with Crippen LogP contribution in [0.25, 0.3) is 0 Å². The summed E-state index contributed by atoms with van der Waals surface area (Å²) in [6, 6.07) is 0. The molecule has 0 fully saturated rings. The van der Waals surface area contributed by atoms with Crippen molar-refractivity contribution in [2.45, 2.75) is 18.9 Å². The van der Waals surface area contributed by atoms with Gasteiger partial charge in [0.05, 0.1) is 17.7 Å². The first-order chi connectivity index (χ1) is 8.81. The van der Waals surface area contributed by atoms with Crippen LogP contribution in [0.15, 0.2) is 11.4 Å². The molecule has 2 heterocycles. The van der Waals surface area contributed by atoms with E-state index in [0.29, 0.717) is 11.4 Å². The number of hydrogen-bond acceptors (Lipinski definition) is 7. The molecule has 9 nitrogen and oxygen atoms in total. The van der Waals surface area contributed by atoms with E-state index in [1.807, 2.05) is 0 Å². The minimum atomic E-state index is -3.90. The van der Waals surface area contributed by atoms with Crippen LogP contribution in [0.1, 0.15) is 11.4 Å². The molecule has 0 aliphatic rings. The Morgan fingerprint density at radius 3 is 2.47 bits per heavy atom. The normalized spacial score (nSPS) is 11.5. The van der Waals surface area contributed by atoms with Gasteiger partial charge < -0.3 is 10.3 Å². The van der Waals surface area contributed by atoms with Gasteiger partial charge in [0.15, 0.2) is 10.8 Å². The van der Waals surface area contributed by atoms with Crippen molar-refractivity contribution in [3.8, 4) is 0 Å². The summed E-state index contributed by atoms with van der Waals surface area (Å²) >= 11 is 0. The topological polar surface area (TPSA) is 129 Å². The molecule has 0 atom stereocenters. The Labute approximate surface area is 110 Å². The summed E-state index contributed by atoms with van der Waals surface area (Å²) in [5.41, 5.74) is 6.74. The van der Waals surface area contributed by atoms with E-state index in [2.05, 4.69) is 24.9 Å². The Balaban J connectivity index is 2.39. The number of anilines is 2. The number of nitrogens with one attached hydrogen (secondary N) is 1.